The van der Waals surface area contributed by atoms with Crippen LogP contribution in [0.2, 0.25) is 0 Å². The highest BCUT2D eigenvalue weighted by molar-refractivity contribution is 14.1. The summed E-state index contributed by atoms with van der Waals surface area (Å²) in [5.74, 6) is -0.921. The first-order chi connectivity index (χ1) is 8.15. The highest BCUT2D eigenvalue weighted by Crippen LogP contribution is 2.31. The molecule has 0 aliphatic heterocycles. The minimum Gasteiger partial charge on any atom is -0.207 e. The topological polar surface area (TPSA) is 0 Å². The molecule has 1 atom stereocenters. The van der Waals surface area contributed by atoms with E-state index in [0.29, 0.717) is 5.56 Å². The van der Waals surface area contributed by atoms with Crippen LogP contribution >= 0.6 is 22.6 Å². The minimum absolute atomic E-state index is 0.148. The lowest BCUT2D eigenvalue weighted by atomic mass is 10.0. The van der Waals surface area contributed by atoms with Crippen molar-refractivity contribution in [2.45, 2.75) is 49.4 Å². The maximum absolute atomic E-state index is 13.5. The van der Waals surface area contributed by atoms with Gasteiger partial charge in [0.15, 0.2) is 0 Å². The average molecular weight is 352 g/mol. The normalized spacial score (nSPS) is 12.7. The predicted octanol–water partition coefficient (Wildman–Crippen LogP) is 5.80. The third kappa shape index (κ3) is 5.32. The summed E-state index contributed by atoms with van der Waals surface area (Å²) in [5.41, 5.74) is 0.627. The summed E-state index contributed by atoms with van der Waals surface area (Å²) in [7, 11) is 0. The Bertz CT molecular complexity index is 339. The lowest BCUT2D eigenvalue weighted by Gasteiger charge is -2.11. The Morgan fingerprint density at radius 2 is 1.82 bits per heavy atom. The van der Waals surface area contributed by atoms with Gasteiger partial charge in [-0.3, -0.25) is 0 Å². The number of hydrogen-bond donors (Lipinski definition) is 0. The Hall–Kier alpha value is -0.190. The molecule has 0 aliphatic carbocycles. The molecule has 0 spiro atoms. The number of alkyl halides is 1. The van der Waals surface area contributed by atoms with E-state index in [1.807, 2.05) is 0 Å². The predicted molar refractivity (Wildman–Crippen MR) is 76.5 cm³/mol. The molecule has 0 amide bonds. The van der Waals surface area contributed by atoms with Gasteiger partial charge in [-0.05, 0) is 12.5 Å². The molecular formula is C14H19F2I. The van der Waals surface area contributed by atoms with Gasteiger partial charge in [0.05, 0.1) is 0 Å². The van der Waals surface area contributed by atoms with Crippen LogP contribution in [-0.4, -0.2) is 0 Å². The van der Waals surface area contributed by atoms with Gasteiger partial charge in [0.2, 0.25) is 0 Å². The van der Waals surface area contributed by atoms with Crippen LogP contribution in [0.4, 0.5) is 8.78 Å². The third-order valence-electron chi connectivity index (χ3n) is 2.86. The van der Waals surface area contributed by atoms with Gasteiger partial charge in [-0.15, -0.1) is 0 Å². The fourth-order valence-electron chi connectivity index (χ4n) is 1.84. The Morgan fingerprint density at radius 1 is 1.12 bits per heavy atom. The molecule has 1 aromatic carbocycles. The number of halogens is 3. The highest BCUT2D eigenvalue weighted by atomic mass is 127. The van der Waals surface area contributed by atoms with E-state index in [1.165, 1.54) is 31.7 Å². The van der Waals surface area contributed by atoms with Crippen molar-refractivity contribution in [2.24, 2.45) is 0 Å². The van der Waals surface area contributed by atoms with Crippen molar-refractivity contribution in [3.05, 3.63) is 35.4 Å². The highest BCUT2D eigenvalue weighted by Gasteiger charge is 2.12. The van der Waals surface area contributed by atoms with E-state index < -0.39 is 11.6 Å². The van der Waals surface area contributed by atoms with Gasteiger partial charge in [0.25, 0.3) is 0 Å². The number of rotatable bonds is 7. The molecule has 3 heteroatoms. The first-order valence-corrected chi connectivity index (χ1v) is 7.48. The van der Waals surface area contributed by atoms with Crippen molar-refractivity contribution in [2.75, 3.05) is 0 Å². The summed E-state index contributed by atoms with van der Waals surface area (Å²) in [6.07, 6.45) is 7.05. The van der Waals surface area contributed by atoms with E-state index in [0.717, 1.165) is 18.9 Å². The van der Waals surface area contributed by atoms with Crippen LogP contribution in [0, 0.1) is 11.6 Å². The molecule has 0 bridgehead atoms. The van der Waals surface area contributed by atoms with Crippen LogP contribution in [0.1, 0.15) is 54.9 Å². The fraction of sp³-hybridized carbons (Fsp3) is 0.571. The van der Waals surface area contributed by atoms with Gasteiger partial charge in [-0.25, -0.2) is 8.78 Å². The average Bonchev–Trinajstić information content (AvgIpc) is 2.28. The lowest BCUT2D eigenvalue weighted by molar-refractivity contribution is 0.561. The summed E-state index contributed by atoms with van der Waals surface area (Å²) in [6.45, 7) is 2.19. The molecule has 0 nitrogen and oxygen atoms in total. The first-order valence-electron chi connectivity index (χ1n) is 6.24. The molecule has 96 valence electrons. The standard InChI is InChI=1S/C14H19F2I/c1-2-3-4-5-6-7-14(17)12-9-8-11(15)10-13(12)16/h8-10,14H,2-7H2,1H3. The second kappa shape index (κ2) is 8.01. The molecule has 0 heterocycles. The molecule has 0 fully saturated rings. The summed E-state index contributed by atoms with van der Waals surface area (Å²) < 4.78 is 26.4. The maximum Gasteiger partial charge on any atom is 0.130 e. The van der Waals surface area contributed by atoms with Crippen LogP contribution in [0.25, 0.3) is 0 Å². The number of unbranched alkanes of at least 4 members (excludes halogenated alkanes) is 4. The largest absolute Gasteiger partial charge is 0.207 e. The van der Waals surface area contributed by atoms with E-state index in [1.54, 1.807) is 6.07 Å². The molecular weight excluding hydrogens is 333 g/mol. The summed E-state index contributed by atoms with van der Waals surface area (Å²) >= 11 is 2.24. The van der Waals surface area contributed by atoms with Crippen molar-refractivity contribution < 1.29 is 8.78 Å². The van der Waals surface area contributed by atoms with Gasteiger partial charge >= 0.3 is 0 Å². The van der Waals surface area contributed by atoms with E-state index >= 15 is 0 Å². The molecule has 0 radical (unpaired) electrons. The Labute approximate surface area is 116 Å². The molecule has 0 N–H and O–H groups in total. The molecule has 1 unspecified atom stereocenters. The van der Waals surface area contributed by atoms with Gasteiger partial charge < -0.3 is 0 Å². The van der Waals surface area contributed by atoms with E-state index in [4.69, 9.17) is 0 Å². The Morgan fingerprint density at radius 3 is 2.47 bits per heavy atom. The fourth-order valence-corrected chi connectivity index (χ4v) is 2.78. The van der Waals surface area contributed by atoms with Crippen molar-refractivity contribution in [3.63, 3.8) is 0 Å². The SMILES string of the molecule is CCCCCCCC(I)c1ccc(F)cc1F. The van der Waals surface area contributed by atoms with Crippen molar-refractivity contribution in [1.82, 2.24) is 0 Å². The van der Waals surface area contributed by atoms with Crippen molar-refractivity contribution >= 4 is 22.6 Å². The molecule has 0 aliphatic rings. The molecule has 0 saturated heterocycles. The lowest BCUT2D eigenvalue weighted by Crippen LogP contribution is -1.95. The van der Waals surface area contributed by atoms with E-state index in [-0.39, 0.29) is 3.92 Å². The van der Waals surface area contributed by atoms with Crippen LogP contribution < -0.4 is 0 Å². The third-order valence-corrected chi connectivity index (χ3v) is 4.15. The zero-order valence-electron chi connectivity index (χ0n) is 10.2. The smallest absolute Gasteiger partial charge is 0.130 e. The molecule has 1 rings (SSSR count). The summed E-state index contributed by atoms with van der Waals surface area (Å²) in [4.78, 5) is 0. The second-order valence-electron chi connectivity index (χ2n) is 4.34. The van der Waals surface area contributed by atoms with Gasteiger partial charge in [0, 0.05) is 15.6 Å². The quantitative estimate of drug-likeness (QED) is 0.330. The van der Waals surface area contributed by atoms with Crippen LogP contribution in [-0.2, 0) is 0 Å². The zero-order chi connectivity index (χ0) is 12.7. The maximum atomic E-state index is 13.5. The van der Waals surface area contributed by atoms with Crippen molar-refractivity contribution in [3.8, 4) is 0 Å². The summed E-state index contributed by atoms with van der Waals surface area (Å²) in [5, 5.41) is 0. The van der Waals surface area contributed by atoms with Gasteiger partial charge in [-0.2, -0.15) is 0 Å². The molecule has 1 aromatic rings. The first kappa shape index (κ1) is 14.9. The van der Waals surface area contributed by atoms with Gasteiger partial charge in [0.1, 0.15) is 11.6 Å². The van der Waals surface area contributed by atoms with Gasteiger partial charge in [-0.1, -0.05) is 67.7 Å². The van der Waals surface area contributed by atoms with Crippen LogP contribution in [0.3, 0.4) is 0 Å². The van der Waals surface area contributed by atoms with E-state index in [2.05, 4.69) is 29.5 Å². The Kier molecular flexibility index (Phi) is 7.00. The van der Waals surface area contributed by atoms with E-state index in [9.17, 15) is 8.78 Å². The number of hydrogen-bond acceptors (Lipinski definition) is 0. The molecule has 17 heavy (non-hydrogen) atoms. The second-order valence-corrected chi connectivity index (χ2v) is 5.84. The molecule has 0 aromatic heterocycles. The zero-order valence-corrected chi connectivity index (χ0v) is 12.3. The number of benzene rings is 1. The Balaban J connectivity index is 2.38. The molecule has 0 saturated carbocycles. The van der Waals surface area contributed by atoms with Crippen LogP contribution in [0.15, 0.2) is 18.2 Å². The monoisotopic (exact) mass is 352 g/mol. The minimum atomic E-state index is -0.502. The van der Waals surface area contributed by atoms with Crippen LogP contribution in [0.5, 0.6) is 0 Å². The van der Waals surface area contributed by atoms with Crippen molar-refractivity contribution in [1.29, 1.82) is 0 Å². The summed E-state index contributed by atoms with van der Waals surface area (Å²) in [6, 6.07) is 3.87.